The Kier molecular flexibility index (Phi) is 7.00. The highest BCUT2D eigenvalue weighted by molar-refractivity contribution is 7.26. The molecule has 10 aromatic rings. The molecular weight excluding hydrogens is 717 g/mol. The fraction of sp³-hybridized carbons (Fsp3) is 0. The summed E-state index contributed by atoms with van der Waals surface area (Å²) in [4.78, 5) is 7.38. The molecule has 8 aromatic carbocycles. The van der Waals surface area contributed by atoms with Gasteiger partial charge in [-0.2, -0.15) is 0 Å². The molecular formula is C52H32N2S2. The van der Waals surface area contributed by atoms with Gasteiger partial charge in [0.15, 0.2) is 0 Å². The van der Waals surface area contributed by atoms with E-state index in [1.165, 1.54) is 97.2 Å². The summed E-state index contributed by atoms with van der Waals surface area (Å²) in [5.74, 6) is 0. The minimum Gasteiger partial charge on any atom is -0.301 e. The van der Waals surface area contributed by atoms with Crippen LogP contribution < -0.4 is 9.80 Å². The molecule has 2 aliphatic rings. The van der Waals surface area contributed by atoms with Gasteiger partial charge in [-0.3, -0.25) is 0 Å². The van der Waals surface area contributed by atoms with Crippen LogP contribution in [0.1, 0.15) is 0 Å². The van der Waals surface area contributed by atoms with E-state index in [-0.39, 0.29) is 0 Å². The van der Waals surface area contributed by atoms with Crippen LogP contribution in [0, 0.1) is 0 Å². The Labute approximate surface area is 333 Å². The second-order valence-electron chi connectivity index (χ2n) is 14.4. The number of benzene rings is 8. The van der Waals surface area contributed by atoms with E-state index < -0.39 is 0 Å². The molecule has 56 heavy (non-hydrogen) atoms. The Morgan fingerprint density at radius 1 is 0.268 bits per heavy atom. The fourth-order valence-corrected chi connectivity index (χ4v) is 11.2. The lowest BCUT2D eigenvalue weighted by Crippen LogP contribution is -2.08. The summed E-state index contributed by atoms with van der Waals surface area (Å²) in [6.45, 7) is 0. The van der Waals surface area contributed by atoms with Crippen LogP contribution in [0.2, 0.25) is 0 Å². The van der Waals surface area contributed by atoms with E-state index in [4.69, 9.17) is 0 Å². The number of anilines is 6. The summed E-state index contributed by atoms with van der Waals surface area (Å²) in [7, 11) is 0. The summed E-state index contributed by atoms with van der Waals surface area (Å²) in [5.41, 5.74) is 15.2. The lowest BCUT2D eigenvalue weighted by molar-refractivity contribution is 1.33. The zero-order valence-electron chi connectivity index (χ0n) is 30.2. The minimum atomic E-state index is 1.15. The van der Waals surface area contributed by atoms with E-state index in [0.717, 1.165) is 11.4 Å². The summed E-state index contributed by atoms with van der Waals surface area (Å²) >= 11 is 3.69. The number of para-hydroxylation sites is 2. The van der Waals surface area contributed by atoms with Crippen LogP contribution in [0.4, 0.5) is 32.8 Å². The van der Waals surface area contributed by atoms with Gasteiger partial charge in [0, 0.05) is 31.9 Å². The van der Waals surface area contributed by atoms with Crippen molar-refractivity contribution in [3.8, 4) is 54.3 Å². The maximum absolute atomic E-state index is 2.44. The Morgan fingerprint density at radius 3 is 1.04 bits per heavy atom. The first-order valence-corrected chi connectivity index (χ1v) is 20.6. The van der Waals surface area contributed by atoms with Gasteiger partial charge in [0.25, 0.3) is 0 Å². The molecule has 0 aliphatic heterocycles. The van der Waals surface area contributed by atoms with Crippen molar-refractivity contribution in [2.45, 2.75) is 0 Å². The van der Waals surface area contributed by atoms with E-state index >= 15 is 0 Å². The molecule has 0 unspecified atom stereocenters. The van der Waals surface area contributed by atoms with Crippen molar-refractivity contribution in [2.24, 2.45) is 0 Å². The van der Waals surface area contributed by atoms with Crippen LogP contribution >= 0.6 is 22.7 Å². The average molecular weight is 749 g/mol. The van der Waals surface area contributed by atoms with E-state index in [1.807, 2.05) is 22.7 Å². The van der Waals surface area contributed by atoms with Gasteiger partial charge in [0.1, 0.15) is 10.0 Å². The molecule has 2 aliphatic carbocycles. The maximum Gasteiger partial charge on any atom is 0.101 e. The summed E-state index contributed by atoms with van der Waals surface area (Å²) in [5, 5.41) is 7.56. The first-order valence-electron chi connectivity index (χ1n) is 19.0. The quantitative estimate of drug-likeness (QED) is 0.160. The number of nitrogens with zero attached hydrogens (tertiary/aromatic N) is 2. The highest BCUT2D eigenvalue weighted by Crippen LogP contribution is 2.54. The van der Waals surface area contributed by atoms with Crippen molar-refractivity contribution < 1.29 is 0 Å². The monoisotopic (exact) mass is 748 g/mol. The van der Waals surface area contributed by atoms with Gasteiger partial charge >= 0.3 is 0 Å². The van der Waals surface area contributed by atoms with Gasteiger partial charge in [-0.15, -0.1) is 22.7 Å². The van der Waals surface area contributed by atoms with E-state index in [1.54, 1.807) is 0 Å². The van der Waals surface area contributed by atoms with E-state index in [9.17, 15) is 0 Å². The van der Waals surface area contributed by atoms with Crippen LogP contribution in [0.3, 0.4) is 0 Å². The van der Waals surface area contributed by atoms with Crippen molar-refractivity contribution in [2.75, 3.05) is 9.80 Å². The van der Waals surface area contributed by atoms with Gasteiger partial charge < -0.3 is 9.80 Å². The highest BCUT2D eigenvalue weighted by atomic mass is 32.1. The predicted octanol–water partition coefficient (Wildman–Crippen LogP) is 16.0. The molecule has 2 heterocycles. The van der Waals surface area contributed by atoms with Crippen LogP contribution in [0.25, 0.3) is 75.8 Å². The lowest BCUT2D eigenvalue weighted by Gasteiger charge is -2.25. The largest absolute Gasteiger partial charge is 0.301 e. The normalized spacial score (nSPS) is 11.9. The van der Waals surface area contributed by atoms with Crippen LogP contribution in [0.15, 0.2) is 194 Å². The topological polar surface area (TPSA) is 6.48 Å². The molecule has 262 valence electrons. The fourth-order valence-electron chi connectivity index (χ4n) is 9.06. The molecule has 0 saturated heterocycles. The molecule has 0 atom stereocenters. The van der Waals surface area contributed by atoms with Gasteiger partial charge in [0.2, 0.25) is 0 Å². The molecule has 0 radical (unpaired) electrons. The second-order valence-corrected chi connectivity index (χ2v) is 16.6. The third-order valence-electron chi connectivity index (χ3n) is 11.4. The average Bonchev–Trinajstić information content (AvgIpc) is 4.07. The minimum absolute atomic E-state index is 1.15. The smallest absolute Gasteiger partial charge is 0.101 e. The maximum atomic E-state index is 2.44. The second kappa shape index (κ2) is 12.4. The first-order chi connectivity index (χ1) is 27.8. The third-order valence-corrected chi connectivity index (χ3v) is 13.8. The number of thiophene rings is 2. The molecule has 0 fully saturated rings. The molecule has 2 aromatic heterocycles. The van der Waals surface area contributed by atoms with Crippen molar-refractivity contribution in [3.63, 3.8) is 0 Å². The predicted molar refractivity (Wildman–Crippen MR) is 241 cm³/mol. The molecule has 0 amide bonds. The molecule has 0 N–H and O–H groups in total. The van der Waals surface area contributed by atoms with Crippen LogP contribution in [0.5, 0.6) is 0 Å². The zero-order valence-corrected chi connectivity index (χ0v) is 31.8. The standard InChI is InChI=1S/C52H32N2S2/c1-3-13-33(14-4-1)53(45-27-25-41-37-19-9-7-17-35(37)39-21-11-23-43(45)51(39)41)49-31-29-47(55-49)48-30-32-50(56-48)54(34-15-5-2-6-16-34)46-28-26-42-38-20-10-8-18-36(38)40-22-12-24-44(46)52(40)42/h1-32H. The van der Waals surface area contributed by atoms with Crippen molar-refractivity contribution in [1.29, 1.82) is 0 Å². The van der Waals surface area contributed by atoms with Crippen LogP contribution in [-0.2, 0) is 0 Å². The van der Waals surface area contributed by atoms with Gasteiger partial charge in [-0.25, -0.2) is 0 Å². The van der Waals surface area contributed by atoms with Gasteiger partial charge in [-0.1, -0.05) is 133 Å². The highest BCUT2D eigenvalue weighted by Gasteiger charge is 2.27. The van der Waals surface area contributed by atoms with E-state index in [0.29, 0.717) is 0 Å². The van der Waals surface area contributed by atoms with Crippen molar-refractivity contribution in [3.05, 3.63) is 194 Å². The number of rotatable bonds is 7. The molecule has 0 bridgehead atoms. The summed E-state index contributed by atoms with van der Waals surface area (Å²) in [6.07, 6.45) is 0. The molecule has 0 spiro atoms. The summed E-state index contributed by atoms with van der Waals surface area (Å²) in [6, 6.07) is 71.2. The number of hydrogen-bond donors (Lipinski definition) is 0. The van der Waals surface area contributed by atoms with Gasteiger partial charge in [0.05, 0.1) is 11.4 Å². The Morgan fingerprint density at radius 2 is 0.625 bits per heavy atom. The zero-order chi connectivity index (χ0) is 36.7. The van der Waals surface area contributed by atoms with Crippen molar-refractivity contribution >= 4 is 77.0 Å². The Balaban J connectivity index is 0.971. The first kappa shape index (κ1) is 31.6. The molecule has 4 heteroatoms. The Hall–Kier alpha value is -6.72. The van der Waals surface area contributed by atoms with E-state index in [2.05, 4.69) is 204 Å². The molecule has 12 rings (SSSR count). The molecule has 0 saturated carbocycles. The third kappa shape index (κ3) is 4.67. The van der Waals surface area contributed by atoms with Gasteiger partial charge in [-0.05, 0) is 116 Å². The van der Waals surface area contributed by atoms with Crippen molar-refractivity contribution in [1.82, 2.24) is 0 Å². The molecule has 2 nitrogen and oxygen atoms in total. The summed E-state index contributed by atoms with van der Waals surface area (Å²) < 4.78 is 0. The Bertz CT molecular complexity index is 2880. The lowest BCUT2D eigenvalue weighted by atomic mass is 10.0. The SMILES string of the molecule is c1ccc(N(c2ccc(-c3ccc(N(c4ccccc4)c4ccc5c6c(cccc46)-c4ccccc4-5)s3)s2)c2ccc3c4c(cccc24)-c2ccccc2-3)cc1. The van der Waals surface area contributed by atoms with Crippen LogP contribution in [-0.4, -0.2) is 0 Å². The number of fused-ring (bicyclic) bond motifs is 6. The number of hydrogen-bond acceptors (Lipinski definition) is 4.